The van der Waals surface area contributed by atoms with Crippen LogP contribution in [-0.4, -0.2) is 48.1 Å². The first-order valence-corrected chi connectivity index (χ1v) is 13.7. The maximum absolute atomic E-state index is 12.9. The monoisotopic (exact) mass is 542 g/mol. The summed E-state index contributed by atoms with van der Waals surface area (Å²) in [6, 6.07) is 20.9. The van der Waals surface area contributed by atoms with E-state index in [1.54, 1.807) is 18.7 Å². The van der Waals surface area contributed by atoms with E-state index in [0.29, 0.717) is 31.6 Å². The first kappa shape index (κ1) is 26.2. The standard InChI is InChI=1S/C30H30N4O4S/c1-37-27-9-5-2-6-20(27)10-13-29(35)32-17-22(14-21-16-31-25-8-4-3-7-24(21)25)34-30(36)18-38-23-11-12-26-28(15-23)39-19-33-26/h2-9,11-12,15-16,19,22,31H,10,13-14,17-18H2,1H3,(H,32,35)(H,34,36). The zero-order valence-corrected chi connectivity index (χ0v) is 22.4. The van der Waals surface area contributed by atoms with E-state index in [1.165, 1.54) is 11.3 Å². The fraction of sp³-hybridized carbons (Fsp3) is 0.233. The number of nitrogens with zero attached hydrogens (tertiary/aromatic N) is 1. The van der Waals surface area contributed by atoms with Crippen LogP contribution in [0.25, 0.3) is 21.1 Å². The Morgan fingerprint density at radius 3 is 2.77 bits per heavy atom. The topological polar surface area (TPSA) is 105 Å². The second-order valence-corrected chi connectivity index (χ2v) is 10.1. The minimum absolute atomic E-state index is 0.0896. The van der Waals surface area contributed by atoms with Gasteiger partial charge in [-0.1, -0.05) is 36.4 Å². The smallest absolute Gasteiger partial charge is 0.258 e. The van der Waals surface area contributed by atoms with Crippen molar-refractivity contribution in [1.29, 1.82) is 0 Å². The van der Waals surface area contributed by atoms with Crippen molar-refractivity contribution >= 4 is 44.3 Å². The number of para-hydroxylation sites is 2. The molecule has 2 amide bonds. The summed E-state index contributed by atoms with van der Waals surface area (Å²) in [4.78, 5) is 33.1. The minimum atomic E-state index is -0.320. The van der Waals surface area contributed by atoms with Crippen LogP contribution in [0.2, 0.25) is 0 Å². The number of thiazole rings is 1. The number of benzene rings is 3. The van der Waals surface area contributed by atoms with Crippen molar-refractivity contribution in [2.24, 2.45) is 0 Å². The second kappa shape index (κ2) is 12.4. The number of H-pyrrole nitrogens is 1. The van der Waals surface area contributed by atoms with Gasteiger partial charge in [0, 0.05) is 30.1 Å². The molecule has 0 radical (unpaired) electrons. The van der Waals surface area contributed by atoms with Gasteiger partial charge in [0.15, 0.2) is 6.61 Å². The van der Waals surface area contributed by atoms with Crippen molar-refractivity contribution in [3.63, 3.8) is 0 Å². The number of fused-ring (bicyclic) bond motifs is 2. The molecular formula is C30H30N4O4S. The van der Waals surface area contributed by atoms with Gasteiger partial charge in [0.1, 0.15) is 11.5 Å². The van der Waals surface area contributed by atoms with E-state index in [-0.39, 0.29) is 24.5 Å². The number of aromatic nitrogens is 2. The molecule has 2 aromatic heterocycles. The molecule has 1 atom stereocenters. The average molecular weight is 543 g/mol. The average Bonchev–Trinajstić information content (AvgIpc) is 3.60. The Labute approximate surface area is 230 Å². The Bertz CT molecular complexity index is 1580. The number of carbonyl (C=O) groups excluding carboxylic acids is 2. The Morgan fingerprint density at radius 1 is 1.03 bits per heavy atom. The van der Waals surface area contributed by atoms with Crippen LogP contribution in [0.1, 0.15) is 17.5 Å². The summed E-state index contributed by atoms with van der Waals surface area (Å²) < 4.78 is 12.1. The lowest BCUT2D eigenvalue weighted by Gasteiger charge is -2.20. The molecule has 200 valence electrons. The van der Waals surface area contributed by atoms with Crippen LogP contribution in [0.5, 0.6) is 11.5 Å². The summed E-state index contributed by atoms with van der Waals surface area (Å²) in [5.74, 6) is 1.03. The fourth-order valence-electron chi connectivity index (χ4n) is 4.57. The van der Waals surface area contributed by atoms with Gasteiger partial charge in [0.2, 0.25) is 5.91 Å². The lowest BCUT2D eigenvalue weighted by molar-refractivity contribution is -0.125. The van der Waals surface area contributed by atoms with Crippen LogP contribution in [0.3, 0.4) is 0 Å². The molecule has 0 saturated carbocycles. The SMILES string of the molecule is COc1ccccc1CCC(=O)NCC(Cc1c[nH]c2ccccc12)NC(=O)COc1ccc2ncsc2c1. The van der Waals surface area contributed by atoms with Crippen molar-refractivity contribution < 1.29 is 19.1 Å². The van der Waals surface area contributed by atoms with Crippen LogP contribution in [0.15, 0.2) is 78.4 Å². The van der Waals surface area contributed by atoms with Gasteiger partial charge in [0.05, 0.1) is 28.9 Å². The summed E-state index contributed by atoms with van der Waals surface area (Å²) in [7, 11) is 1.62. The van der Waals surface area contributed by atoms with Crippen LogP contribution in [-0.2, 0) is 22.4 Å². The third-order valence-electron chi connectivity index (χ3n) is 6.54. The van der Waals surface area contributed by atoms with Crippen LogP contribution >= 0.6 is 11.3 Å². The number of ether oxygens (including phenoxy) is 2. The molecule has 0 aliphatic rings. The normalized spacial score (nSPS) is 11.8. The summed E-state index contributed by atoms with van der Waals surface area (Å²) in [5, 5.41) is 7.13. The maximum atomic E-state index is 12.9. The van der Waals surface area contributed by atoms with Crippen molar-refractivity contribution in [3.05, 3.63) is 89.6 Å². The van der Waals surface area contributed by atoms with Gasteiger partial charge in [-0.25, -0.2) is 4.98 Å². The van der Waals surface area contributed by atoms with Gasteiger partial charge in [-0.15, -0.1) is 11.3 Å². The molecule has 0 aliphatic carbocycles. The Morgan fingerprint density at radius 2 is 1.87 bits per heavy atom. The Kier molecular flexibility index (Phi) is 8.38. The van der Waals surface area contributed by atoms with Crippen molar-refractivity contribution in [2.75, 3.05) is 20.3 Å². The highest BCUT2D eigenvalue weighted by atomic mass is 32.1. The van der Waals surface area contributed by atoms with Crippen LogP contribution < -0.4 is 20.1 Å². The van der Waals surface area contributed by atoms with E-state index >= 15 is 0 Å². The molecule has 3 aromatic carbocycles. The van der Waals surface area contributed by atoms with E-state index < -0.39 is 0 Å². The van der Waals surface area contributed by atoms with E-state index in [9.17, 15) is 9.59 Å². The van der Waals surface area contributed by atoms with Gasteiger partial charge in [-0.2, -0.15) is 0 Å². The highest BCUT2D eigenvalue weighted by Gasteiger charge is 2.17. The van der Waals surface area contributed by atoms with Crippen LogP contribution in [0, 0.1) is 0 Å². The number of aromatic amines is 1. The predicted octanol–water partition coefficient (Wildman–Crippen LogP) is 4.64. The molecule has 5 aromatic rings. The van der Waals surface area contributed by atoms with Crippen molar-refractivity contribution in [3.8, 4) is 11.5 Å². The van der Waals surface area contributed by atoms with Gasteiger partial charge in [-0.05, 0) is 54.3 Å². The zero-order valence-electron chi connectivity index (χ0n) is 21.6. The first-order chi connectivity index (χ1) is 19.1. The zero-order chi connectivity index (χ0) is 27.0. The molecule has 3 N–H and O–H groups in total. The number of aryl methyl sites for hydroxylation is 1. The van der Waals surface area contributed by atoms with E-state index in [0.717, 1.165) is 38.0 Å². The Balaban J connectivity index is 1.20. The quantitative estimate of drug-likeness (QED) is 0.213. The number of nitrogens with one attached hydrogen (secondary N) is 3. The highest BCUT2D eigenvalue weighted by molar-refractivity contribution is 7.16. The predicted molar refractivity (Wildman–Crippen MR) is 153 cm³/mol. The number of rotatable bonds is 12. The molecule has 0 bridgehead atoms. The molecule has 0 spiro atoms. The molecule has 0 saturated heterocycles. The lowest BCUT2D eigenvalue weighted by atomic mass is 10.0. The number of hydrogen-bond acceptors (Lipinski definition) is 6. The molecular weight excluding hydrogens is 512 g/mol. The number of hydrogen-bond donors (Lipinski definition) is 3. The van der Waals surface area contributed by atoms with E-state index in [1.807, 2.05) is 66.9 Å². The number of methoxy groups -OCH3 is 1. The largest absolute Gasteiger partial charge is 0.496 e. The van der Waals surface area contributed by atoms with Crippen molar-refractivity contribution in [2.45, 2.75) is 25.3 Å². The molecule has 39 heavy (non-hydrogen) atoms. The number of amides is 2. The lowest BCUT2D eigenvalue weighted by Crippen LogP contribution is -2.46. The van der Waals surface area contributed by atoms with Gasteiger partial charge in [-0.3, -0.25) is 9.59 Å². The number of carbonyl (C=O) groups is 2. The van der Waals surface area contributed by atoms with E-state index in [2.05, 4.69) is 20.6 Å². The molecule has 2 heterocycles. The summed E-state index contributed by atoms with van der Waals surface area (Å²) in [6.45, 7) is 0.166. The maximum Gasteiger partial charge on any atom is 0.258 e. The molecule has 5 rings (SSSR count). The summed E-state index contributed by atoms with van der Waals surface area (Å²) in [6.07, 6.45) is 3.38. The fourth-order valence-corrected chi connectivity index (χ4v) is 5.27. The summed E-state index contributed by atoms with van der Waals surface area (Å²) in [5.41, 5.74) is 5.75. The molecule has 8 nitrogen and oxygen atoms in total. The highest BCUT2D eigenvalue weighted by Crippen LogP contribution is 2.23. The molecule has 1 unspecified atom stereocenters. The van der Waals surface area contributed by atoms with Gasteiger partial charge in [0.25, 0.3) is 5.91 Å². The second-order valence-electron chi connectivity index (χ2n) is 9.21. The van der Waals surface area contributed by atoms with Gasteiger partial charge >= 0.3 is 0 Å². The third-order valence-corrected chi connectivity index (χ3v) is 7.33. The molecule has 0 fully saturated rings. The minimum Gasteiger partial charge on any atom is -0.496 e. The third kappa shape index (κ3) is 6.74. The molecule has 9 heteroatoms. The van der Waals surface area contributed by atoms with Crippen molar-refractivity contribution in [1.82, 2.24) is 20.6 Å². The Hall–Kier alpha value is -4.37. The van der Waals surface area contributed by atoms with Gasteiger partial charge < -0.3 is 25.1 Å². The van der Waals surface area contributed by atoms with E-state index in [4.69, 9.17) is 9.47 Å². The molecule has 0 aliphatic heterocycles. The summed E-state index contributed by atoms with van der Waals surface area (Å²) >= 11 is 1.52. The van der Waals surface area contributed by atoms with Crippen LogP contribution in [0.4, 0.5) is 0 Å². The first-order valence-electron chi connectivity index (χ1n) is 12.8.